The highest BCUT2D eigenvalue weighted by Crippen LogP contribution is 2.17. The highest BCUT2D eigenvalue weighted by Gasteiger charge is 2.15. The van der Waals surface area contributed by atoms with E-state index in [9.17, 15) is 8.42 Å². The number of hydrogen-bond acceptors (Lipinski definition) is 6. The molecule has 4 aromatic rings. The molecule has 8 nitrogen and oxygen atoms in total. The molecule has 4 rings (SSSR count). The van der Waals surface area contributed by atoms with Crippen molar-refractivity contribution in [1.29, 1.82) is 0 Å². The van der Waals surface area contributed by atoms with Crippen molar-refractivity contribution in [2.24, 2.45) is 0 Å². The van der Waals surface area contributed by atoms with E-state index in [0.29, 0.717) is 12.2 Å². The number of imidazole rings is 1. The monoisotopic (exact) mass is 394 g/mol. The molecule has 0 saturated heterocycles. The third-order valence-corrected chi connectivity index (χ3v) is 5.43. The maximum atomic E-state index is 12.5. The minimum Gasteiger partial charge on any atom is -0.378 e. The molecule has 0 saturated carbocycles. The van der Waals surface area contributed by atoms with Crippen LogP contribution < -0.4 is 10.0 Å². The van der Waals surface area contributed by atoms with E-state index < -0.39 is 10.0 Å². The van der Waals surface area contributed by atoms with Gasteiger partial charge in [-0.2, -0.15) is 0 Å². The van der Waals surface area contributed by atoms with Gasteiger partial charge in [0.25, 0.3) is 10.0 Å². The van der Waals surface area contributed by atoms with Crippen molar-refractivity contribution >= 4 is 32.7 Å². The smallest absolute Gasteiger partial charge is 0.264 e. The predicted octanol–water partition coefficient (Wildman–Crippen LogP) is 3.07. The van der Waals surface area contributed by atoms with E-state index in [1.165, 1.54) is 18.3 Å². The van der Waals surface area contributed by atoms with Crippen LogP contribution in [0.3, 0.4) is 0 Å². The van der Waals surface area contributed by atoms with Gasteiger partial charge < -0.3 is 10.3 Å². The van der Waals surface area contributed by atoms with Crippen LogP contribution in [0.25, 0.3) is 11.0 Å². The normalized spacial score (nSPS) is 11.5. The van der Waals surface area contributed by atoms with E-state index in [2.05, 4.69) is 30.0 Å². The molecule has 0 unspecified atom stereocenters. The van der Waals surface area contributed by atoms with Crippen LogP contribution >= 0.6 is 0 Å². The summed E-state index contributed by atoms with van der Waals surface area (Å²) in [4.78, 5) is 15.9. The third kappa shape index (κ3) is 3.94. The van der Waals surface area contributed by atoms with E-state index in [0.717, 1.165) is 22.5 Å². The van der Waals surface area contributed by atoms with Gasteiger partial charge in [0, 0.05) is 17.6 Å². The van der Waals surface area contributed by atoms with Gasteiger partial charge in [0.2, 0.25) is 5.95 Å². The summed E-state index contributed by atoms with van der Waals surface area (Å²) in [5.41, 5.74) is 3.35. The Bertz CT molecular complexity index is 1190. The second kappa shape index (κ2) is 7.28. The molecule has 0 fully saturated rings. The summed E-state index contributed by atoms with van der Waals surface area (Å²) in [5.74, 6) is 0.850. The number of rotatable bonds is 6. The highest BCUT2D eigenvalue weighted by molar-refractivity contribution is 7.92. The van der Waals surface area contributed by atoms with E-state index >= 15 is 0 Å². The zero-order valence-electron chi connectivity index (χ0n) is 15.0. The minimum absolute atomic E-state index is 0.0482. The molecule has 0 aliphatic rings. The number of aryl methyl sites for hydroxylation is 1. The van der Waals surface area contributed by atoms with Crippen LogP contribution in [0.4, 0.5) is 11.6 Å². The van der Waals surface area contributed by atoms with Crippen LogP contribution in [0, 0.1) is 6.92 Å². The number of nitrogens with zero attached hydrogens (tertiary/aromatic N) is 3. The van der Waals surface area contributed by atoms with E-state index in [1.54, 1.807) is 25.1 Å². The fourth-order valence-electron chi connectivity index (χ4n) is 2.70. The number of fused-ring (bicyclic) bond motifs is 1. The Morgan fingerprint density at radius 2 is 1.79 bits per heavy atom. The Morgan fingerprint density at radius 1 is 1.00 bits per heavy atom. The molecule has 0 aliphatic heterocycles. The van der Waals surface area contributed by atoms with E-state index in [4.69, 9.17) is 0 Å². The second-order valence-electron chi connectivity index (χ2n) is 6.21. The topological polar surface area (TPSA) is 113 Å². The molecule has 3 N–H and O–H groups in total. The van der Waals surface area contributed by atoms with Crippen molar-refractivity contribution < 1.29 is 8.42 Å². The van der Waals surface area contributed by atoms with Gasteiger partial charge >= 0.3 is 0 Å². The summed E-state index contributed by atoms with van der Waals surface area (Å²) >= 11 is 0. The van der Waals surface area contributed by atoms with Crippen molar-refractivity contribution in [3.63, 3.8) is 0 Å². The summed E-state index contributed by atoms with van der Waals surface area (Å²) in [7, 11) is -3.75. The largest absolute Gasteiger partial charge is 0.378 e. The SMILES string of the molecule is Cc1ccnc(NS(=O)(=O)c2ccc(NCc3nc4ccccc4[nH]3)cc2)n1. The van der Waals surface area contributed by atoms with Crippen LogP contribution in [0.2, 0.25) is 0 Å². The van der Waals surface area contributed by atoms with Crippen LogP contribution in [-0.2, 0) is 16.6 Å². The maximum Gasteiger partial charge on any atom is 0.264 e. The first-order valence-electron chi connectivity index (χ1n) is 8.60. The number of aromatic nitrogens is 4. The zero-order valence-corrected chi connectivity index (χ0v) is 15.9. The van der Waals surface area contributed by atoms with Crippen molar-refractivity contribution in [3.8, 4) is 0 Å². The van der Waals surface area contributed by atoms with Crippen LogP contribution in [0.1, 0.15) is 11.5 Å². The molecule has 0 radical (unpaired) electrons. The lowest BCUT2D eigenvalue weighted by molar-refractivity contribution is 0.601. The summed E-state index contributed by atoms with van der Waals surface area (Å²) in [6.45, 7) is 2.26. The molecule has 142 valence electrons. The number of para-hydroxylation sites is 2. The van der Waals surface area contributed by atoms with Gasteiger partial charge in [-0.25, -0.2) is 28.1 Å². The first-order valence-corrected chi connectivity index (χ1v) is 10.1. The first-order chi connectivity index (χ1) is 13.5. The standard InChI is InChI=1S/C19H18N6O2S/c1-13-10-11-20-19(22-13)25-28(26,27)15-8-6-14(7-9-15)21-12-18-23-16-4-2-3-5-17(16)24-18/h2-11,21H,12H2,1H3,(H,23,24)(H,20,22,25). The molecule has 0 aliphatic carbocycles. The number of anilines is 2. The summed E-state index contributed by atoms with van der Waals surface area (Å²) in [6.07, 6.45) is 1.51. The Kier molecular flexibility index (Phi) is 4.66. The molecular formula is C19H18N6O2S. The molecule has 0 spiro atoms. The lowest BCUT2D eigenvalue weighted by atomic mass is 10.3. The molecule has 28 heavy (non-hydrogen) atoms. The molecule has 9 heteroatoms. The summed E-state index contributed by atoms with van der Waals surface area (Å²) in [6, 6.07) is 16.0. The quantitative estimate of drug-likeness (QED) is 0.463. The van der Waals surface area contributed by atoms with Crippen molar-refractivity contribution in [2.45, 2.75) is 18.4 Å². The van der Waals surface area contributed by atoms with Crippen LogP contribution in [-0.4, -0.2) is 28.4 Å². The number of hydrogen-bond donors (Lipinski definition) is 3. The Hall–Kier alpha value is -3.46. The van der Waals surface area contributed by atoms with Gasteiger partial charge in [-0.1, -0.05) is 12.1 Å². The Morgan fingerprint density at radius 3 is 2.54 bits per heavy atom. The lowest BCUT2D eigenvalue weighted by Crippen LogP contribution is -2.15. The highest BCUT2D eigenvalue weighted by atomic mass is 32.2. The van der Waals surface area contributed by atoms with Gasteiger partial charge in [0.05, 0.1) is 22.5 Å². The average molecular weight is 394 g/mol. The average Bonchev–Trinajstić information content (AvgIpc) is 3.09. The first kappa shape index (κ1) is 17.9. The molecule has 2 heterocycles. The molecule has 0 atom stereocenters. The Labute approximate surface area is 162 Å². The number of aromatic amines is 1. The Balaban J connectivity index is 1.44. The predicted molar refractivity (Wildman–Crippen MR) is 107 cm³/mol. The summed E-state index contributed by atoms with van der Waals surface area (Å²) in [5, 5.41) is 3.22. The van der Waals surface area contributed by atoms with Gasteiger partial charge in [-0.15, -0.1) is 0 Å². The van der Waals surface area contributed by atoms with Gasteiger partial charge in [-0.3, -0.25) is 0 Å². The third-order valence-electron chi connectivity index (χ3n) is 4.08. The van der Waals surface area contributed by atoms with Crippen LogP contribution in [0.5, 0.6) is 0 Å². The van der Waals surface area contributed by atoms with Crippen molar-refractivity contribution in [2.75, 3.05) is 10.0 Å². The number of benzene rings is 2. The second-order valence-corrected chi connectivity index (χ2v) is 7.89. The number of H-pyrrole nitrogens is 1. The molecule has 0 bridgehead atoms. The molecule has 2 aromatic carbocycles. The van der Waals surface area contributed by atoms with Gasteiger partial charge in [-0.05, 0) is 49.4 Å². The molecular weight excluding hydrogens is 376 g/mol. The number of nitrogens with one attached hydrogen (secondary N) is 3. The van der Waals surface area contributed by atoms with Gasteiger partial charge in [0.1, 0.15) is 5.82 Å². The number of sulfonamides is 1. The van der Waals surface area contributed by atoms with Gasteiger partial charge in [0.15, 0.2) is 0 Å². The molecule has 0 amide bonds. The zero-order chi connectivity index (χ0) is 19.6. The van der Waals surface area contributed by atoms with E-state index in [1.807, 2.05) is 24.3 Å². The summed E-state index contributed by atoms with van der Waals surface area (Å²) < 4.78 is 27.3. The maximum absolute atomic E-state index is 12.5. The molecule has 2 aromatic heterocycles. The van der Waals surface area contributed by atoms with Crippen molar-refractivity contribution in [3.05, 3.63) is 72.3 Å². The fourth-order valence-corrected chi connectivity index (χ4v) is 3.66. The van der Waals surface area contributed by atoms with Crippen molar-refractivity contribution in [1.82, 2.24) is 19.9 Å². The van der Waals surface area contributed by atoms with Crippen LogP contribution in [0.15, 0.2) is 65.7 Å². The van der Waals surface area contributed by atoms with E-state index in [-0.39, 0.29) is 10.8 Å². The fraction of sp³-hybridized carbons (Fsp3) is 0.105. The lowest BCUT2D eigenvalue weighted by Gasteiger charge is -2.08. The minimum atomic E-state index is -3.75.